The average Bonchev–Trinajstić information content (AvgIpc) is 3.07. The van der Waals surface area contributed by atoms with Gasteiger partial charge in [-0.25, -0.2) is 4.98 Å². The van der Waals surface area contributed by atoms with Crippen molar-refractivity contribution in [2.45, 2.75) is 18.9 Å². The lowest BCUT2D eigenvalue weighted by Gasteiger charge is -2.44. The van der Waals surface area contributed by atoms with Crippen molar-refractivity contribution < 1.29 is 4.79 Å². The van der Waals surface area contributed by atoms with Gasteiger partial charge in [0.05, 0.1) is 4.88 Å². The van der Waals surface area contributed by atoms with Gasteiger partial charge in [-0.3, -0.25) is 4.79 Å². The molecule has 6 heteroatoms. The van der Waals surface area contributed by atoms with Crippen LogP contribution in [0.5, 0.6) is 0 Å². The molecule has 1 unspecified atom stereocenters. The number of nitrogen functional groups attached to an aromatic ring is 1. The van der Waals surface area contributed by atoms with Crippen LogP contribution < -0.4 is 11.1 Å². The van der Waals surface area contributed by atoms with E-state index in [1.54, 1.807) is 6.20 Å². The van der Waals surface area contributed by atoms with Gasteiger partial charge in [0, 0.05) is 24.5 Å². The molecule has 5 nitrogen and oxygen atoms in total. The number of carbonyl (C=O) groups is 1. The zero-order valence-corrected chi connectivity index (χ0v) is 13.7. The molecule has 23 heavy (non-hydrogen) atoms. The Hall–Kier alpha value is -1.92. The smallest absolute Gasteiger partial charge is 0.280 e. The lowest BCUT2D eigenvalue weighted by atomic mass is 9.84. The number of thiazole rings is 1. The highest BCUT2D eigenvalue weighted by atomic mass is 32.1. The SMILES string of the molecule is Nc1ccc(-c2cnc(C(=O)NC3CN4CCC3CC4)s2)cc1. The first-order chi connectivity index (χ1) is 11.2. The van der Waals surface area contributed by atoms with Gasteiger partial charge in [0.2, 0.25) is 0 Å². The monoisotopic (exact) mass is 328 g/mol. The van der Waals surface area contributed by atoms with Gasteiger partial charge < -0.3 is 16.0 Å². The number of rotatable bonds is 3. The summed E-state index contributed by atoms with van der Waals surface area (Å²) < 4.78 is 0. The average molecular weight is 328 g/mol. The second-order valence-electron chi connectivity index (χ2n) is 6.37. The maximum Gasteiger partial charge on any atom is 0.280 e. The fourth-order valence-electron chi connectivity index (χ4n) is 3.52. The highest BCUT2D eigenvalue weighted by molar-refractivity contribution is 7.16. The summed E-state index contributed by atoms with van der Waals surface area (Å²) in [6, 6.07) is 7.91. The van der Waals surface area contributed by atoms with Crippen molar-refractivity contribution in [1.82, 2.24) is 15.2 Å². The van der Waals surface area contributed by atoms with E-state index in [1.807, 2.05) is 24.3 Å². The van der Waals surface area contributed by atoms with E-state index in [0.717, 1.165) is 22.7 Å². The number of carbonyl (C=O) groups excluding carboxylic acids is 1. The highest BCUT2D eigenvalue weighted by Gasteiger charge is 2.35. The lowest BCUT2D eigenvalue weighted by Crippen LogP contribution is -2.57. The third-order valence-electron chi connectivity index (χ3n) is 4.87. The number of hydrogen-bond acceptors (Lipinski definition) is 5. The summed E-state index contributed by atoms with van der Waals surface area (Å²) >= 11 is 1.43. The third kappa shape index (κ3) is 2.96. The van der Waals surface area contributed by atoms with E-state index in [9.17, 15) is 4.79 Å². The molecule has 3 N–H and O–H groups in total. The molecule has 120 valence electrons. The van der Waals surface area contributed by atoms with Crippen molar-refractivity contribution in [3.05, 3.63) is 35.5 Å². The first-order valence-electron chi connectivity index (χ1n) is 8.04. The molecule has 0 saturated carbocycles. The van der Waals surface area contributed by atoms with Gasteiger partial charge in [0.25, 0.3) is 5.91 Å². The van der Waals surface area contributed by atoms with Crippen molar-refractivity contribution in [2.75, 3.05) is 25.4 Å². The normalized spacial score (nSPS) is 26.2. The third-order valence-corrected chi connectivity index (χ3v) is 5.91. The summed E-state index contributed by atoms with van der Waals surface area (Å²) in [5.74, 6) is 0.580. The number of nitrogens with two attached hydrogens (primary N) is 1. The van der Waals surface area contributed by atoms with Crippen LogP contribution in [0, 0.1) is 5.92 Å². The van der Waals surface area contributed by atoms with Crippen LogP contribution >= 0.6 is 11.3 Å². The van der Waals surface area contributed by atoms with Crippen LogP contribution in [-0.4, -0.2) is 41.5 Å². The summed E-state index contributed by atoms with van der Waals surface area (Å²) in [4.78, 5) is 20.2. The molecule has 3 aliphatic rings. The lowest BCUT2D eigenvalue weighted by molar-refractivity contribution is 0.0620. The number of fused-ring (bicyclic) bond motifs is 3. The molecule has 3 aliphatic heterocycles. The van der Waals surface area contributed by atoms with Crippen LogP contribution in [0.1, 0.15) is 22.6 Å². The Kier molecular flexibility index (Phi) is 3.79. The molecular formula is C17H20N4OS. The molecule has 3 fully saturated rings. The maximum atomic E-state index is 12.5. The van der Waals surface area contributed by atoms with E-state index in [1.165, 1.54) is 37.3 Å². The Morgan fingerprint density at radius 2 is 2.00 bits per heavy atom. The number of aromatic nitrogens is 1. The Balaban J connectivity index is 1.46. The standard InChI is InChI=1S/C17H20N4OS/c18-13-3-1-12(2-4-13)15-9-19-17(23-15)16(22)20-14-10-21-7-5-11(14)6-8-21/h1-4,9,11,14H,5-8,10,18H2,(H,20,22). The van der Waals surface area contributed by atoms with Gasteiger partial charge in [-0.1, -0.05) is 12.1 Å². The van der Waals surface area contributed by atoms with Gasteiger partial charge in [-0.2, -0.15) is 0 Å². The topological polar surface area (TPSA) is 71.2 Å². The van der Waals surface area contributed by atoms with E-state index in [4.69, 9.17) is 5.73 Å². The Morgan fingerprint density at radius 1 is 1.26 bits per heavy atom. The summed E-state index contributed by atoms with van der Waals surface area (Å²) in [5.41, 5.74) is 7.49. The van der Waals surface area contributed by atoms with Crippen molar-refractivity contribution in [2.24, 2.45) is 5.92 Å². The van der Waals surface area contributed by atoms with Crippen LogP contribution in [-0.2, 0) is 0 Å². The summed E-state index contributed by atoms with van der Waals surface area (Å²) in [6.07, 6.45) is 4.15. The van der Waals surface area contributed by atoms with Crippen LogP contribution in [0.4, 0.5) is 5.69 Å². The molecule has 0 spiro atoms. The minimum Gasteiger partial charge on any atom is -0.399 e. The van der Waals surface area contributed by atoms with E-state index in [2.05, 4.69) is 15.2 Å². The highest BCUT2D eigenvalue weighted by Crippen LogP contribution is 2.29. The summed E-state index contributed by atoms with van der Waals surface area (Å²) in [6.45, 7) is 3.33. The minimum atomic E-state index is -0.0459. The Morgan fingerprint density at radius 3 is 2.65 bits per heavy atom. The Labute approximate surface area is 139 Å². The zero-order valence-electron chi connectivity index (χ0n) is 12.9. The van der Waals surface area contributed by atoms with Crippen LogP contribution in [0.2, 0.25) is 0 Å². The van der Waals surface area contributed by atoms with Crippen molar-refractivity contribution >= 4 is 22.9 Å². The number of benzene rings is 1. The minimum absolute atomic E-state index is 0.0459. The zero-order chi connectivity index (χ0) is 15.8. The van der Waals surface area contributed by atoms with Crippen molar-refractivity contribution in [3.8, 4) is 10.4 Å². The predicted molar refractivity (Wildman–Crippen MR) is 92.4 cm³/mol. The summed E-state index contributed by atoms with van der Waals surface area (Å²) in [5, 5.41) is 3.72. The van der Waals surface area contributed by atoms with Crippen molar-refractivity contribution in [1.29, 1.82) is 0 Å². The van der Waals surface area contributed by atoms with Crippen LogP contribution in [0.15, 0.2) is 30.5 Å². The van der Waals surface area contributed by atoms with Gasteiger partial charge >= 0.3 is 0 Å². The van der Waals surface area contributed by atoms with E-state index in [-0.39, 0.29) is 11.9 Å². The fourth-order valence-corrected chi connectivity index (χ4v) is 4.34. The largest absolute Gasteiger partial charge is 0.399 e. The molecule has 1 amide bonds. The summed E-state index contributed by atoms with van der Waals surface area (Å²) in [7, 11) is 0. The van der Waals surface area contributed by atoms with E-state index < -0.39 is 0 Å². The van der Waals surface area contributed by atoms with Crippen LogP contribution in [0.3, 0.4) is 0 Å². The van der Waals surface area contributed by atoms with Crippen LogP contribution in [0.25, 0.3) is 10.4 Å². The maximum absolute atomic E-state index is 12.5. The first kappa shape index (κ1) is 14.7. The Bertz CT molecular complexity index is 704. The molecule has 2 bridgehead atoms. The van der Waals surface area contributed by atoms with Gasteiger partial charge in [0.1, 0.15) is 0 Å². The fraction of sp³-hybridized carbons (Fsp3) is 0.412. The van der Waals surface area contributed by atoms with Gasteiger partial charge in [-0.15, -0.1) is 11.3 Å². The quantitative estimate of drug-likeness (QED) is 0.848. The molecular weight excluding hydrogens is 308 g/mol. The van der Waals surface area contributed by atoms with E-state index in [0.29, 0.717) is 10.9 Å². The molecule has 0 radical (unpaired) electrons. The number of nitrogens with zero attached hydrogens (tertiary/aromatic N) is 2. The molecule has 0 aliphatic carbocycles. The second kappa shape index (κ2) is 5.94. The van der Waals surface area contributed by atoms with Gasteiger partial charge in [0.15, 0.2) is 5.01 Å². The van der Waals surface area contributed by atoms with Crippen molar-refractivity contribution in [3.63, 3.8) is 0 Å². The number of hydrogen-bond donors (Lipinski definition) is 2. The second-order valence-corrected chi connectivity index (χ2v) is 7.40. The number of nitrogens with one attached hydrogen (secondary N) is 1. The molecule has 2 aromatic rings. The van der Waals surface area contributed by atoms with E-state index >= 15 is 0 Å². The molecule has 1 aromatic heterocycles. The molecule has 4 heterocycles. The molecule has 5 rings (SSSR count). The van der Waals surface area contributed by atoms with Gasteiger partial charge in [-0.05, 0) is 49.5 Å². The number of piperidine rings is 3. The number of anilines is 1. The first-order valence-corrected chi connectivity index (χ1v) is 8.85. The molecule has 1 atom stereocenters. The molecule has 3 saturated heterocycles. The number of amides is 1. The predicted octanol–water partition coefficient (Wildman–Crippen LogP) is 2.22. The molecule has 1 aromatic carbocycles.